The summed E-state index contributed by atoms with van der Waals surface area (Å²) in [5.74, 6) is 1.71. The summed E-state index contributed by atoms with van der Waals surface area (Å²) in [6, 6.07) is 9.17. The van der Waals surface area contributed by atoms with Crippen LogP contribution in [0, 0.1) is 17.8 Å². The van der Waals surface area contributed by atoms with Crippen LogP contribution in [-0.4, -0.2) is 147 Å². The predicted octanol–water partition coefficient (Wildman–Crippen LogP) is 6.22. The molecule has 4 amide bonds. The summed E-state index contributed by atoms with van der Waals surface area (Å²) in [6.07, 6.45) is 20.1. The molecule has 6 fully saturated rings. The third-order valence-electron chi connectivity index (χ3n) is 16.5. The van der Waals surface area contributed by atoms with Crippen molar-refractivity contribution in [2.75, 3.05) is 76.1 Å². The van der Waals surface area contributed by atoms with Crippen molar-refractivity contribution >= 4 is 47.1 Å². The Hall–Kier alpha value is -5.42. The summed E-state index contributed by atoms with van der Waals surface area (Å²) in [7, 11) is 1.84. The fraction of sp³-hybridized carbons (Fsp3) is 0.660. The molecule has 17 nitrogen and oxygen atoms in total. The van der Waals surface area contributed by atoms with Crippen LogP contribution in [-0.2, 0) is 31.0 Å². The zero-order valence-electron chi connectivity index (χ0n) is 41.5. The van der Waals surface area contributed by atoms with Gasteiger partial charge in [-0.15, -0.1) is 0 Å². The maximum Gasteiger partial charge on any atom is 0.343 e. The fourth-order valence-corrected chi connectivity index (χ4v) is 12.3. The highest BCUT2D eigenvalue weighted by Crippen LogP contribution is 2.35. The summed E-state index contributed by atoms with van der Waals surface area (Å²) < 4.78 is 7.00. The molecular formula is C53H75N11O6. The molecule has 378 valence electrons. The van der Waals surface area contributed by atoms with Crippen molar-refractivity contribution in [3.63, 3.8) is 0 Å². The lowest BCUT2D eigenvalue weighted by Gasteiger charge is -2.43. The zero-order valence-corrected chi connectivity index (χ0v) is 41.5. The SMILES string of the molecule is CCOC(=O)c1cnc(Nc2cnn(C)c2)nc1NC1CCC(N2CCN(C(=O)C3CCC(C(=O)N4CCC(CCCN5CCC(c6ccc(C7CCC(=O)NC7=O)cc6)CC5)CC4)CC3)CC2)CC1. The molecule has 17 heteroatoms. The largest absolute Gasteiger partial charge is 0.462 e. The molecule has 0 spiro atoms. The van der Waals surface area contributed by atoms with E-state index in [2.05, 4.69) is 74.9 Å². The molecule has 2 aliphatic carbocycles. The first-order valence-corrected chi connectivity index (χ1v) is 26.6. The van der Waals surface area contributed by atoms with Crippen molar-refractivity contribution in [1.29, 1.82) is 0 Å². The van der Waals surface area contributed by atoms with E-state index in [9.17, 15) is 24.0 Å². The van der Waals surface area contributed by atoms with Gasteiger partial charge in [0.25, 0.3) is 0 Å². The van der Waals surface area contributed by atoms with Crippen molar-refractivity contribution in [2.24, 2.45) is 24.8 Å². The quantitative estimate of drug-likeness (QED) is 0.115. The van der Waals surface area contributed by atoms with Crippen molar-refractivity contribution in [1.82, 2.24) is 44.7 Å². The van der Waals surface area contributed by atoms with Crippen LogP contribution in [0.4, 0.5) is 17.5 Å². The number of nitrogens with zero attached hydrogens (tertiary/aromatic N) is 8. The van der Waals surface area contributed by atoms with Crippen molar-refractivity contribution in [3.05, 3.63) is 59.5 Å². The number of carbonyl (C=O) groups excluding carboxylic acids is 5. The minimum atomic E-state index is -0.449. The van der Waals surface area contributed by atoms with E-state index < -0.39 is 5.97 Å². The maximum atomic E-state index is 13.8. The molecule has 6 heterocycles. The standard InChI is InChI=1S/C53H75N11O6/c1-3-70-52(69)46-34-54-53(57-43-33-55-60(2)35-43)59-48(46)56-42-14-16-44(17-15-42)62-29-31-64(32-30-62)51(68)41-12-10-40(11-13-41)50(67)63-27-20-36(21-28-63)5-4-24-61-25-22-38(23-26-61)37-6-8-39(9-7-37)45-18-19-47(65)58-49(45)66/h6-9,33-36,38,40-42,44-45H,3-5,10-32H2,1-2H3,(H,58,65,66)(H2,54,56,57,59). The summed E-state index contributed by atoms with van der Waals surface area (Å²) in [4.78, 5) is 82.6. The lowest BCUT2D eigenvalue weighted by Crippen LogP contribution is -2.54. The van der Waals surface area contributed by atoms with Crippen LogP contribution in [0.15, 0.2) is 42.9 Å². The molecule has 0 radical (unpaired) electrons. The number of hydrogen-bond acceptors (Lipinski definition) is 13. The molecule has 4 saturated heterocycles. The Morgan fingerprint density at radius 2 is 1.41 bits per heavy atom. The van der Waals surface area contributed by atoms with E-state index in [4.69, 9.17) is 4.74 Å². The number of ether oxygens (including phenoxy) is 1. The molecule has 6 aliphatic rings. The van der Waals surface area contributed by atoms with Gasteiger partial charge < -0.3 is 30.1 Å². The summed E-state index contributed by atoms with van der Waals surface area (Å²) in [5.41, 5.74) is 3.43. The average molecular weight is 962 g/mol. The van der Waals surface area contributed by atoms with Crippen LogP contribution in [0.25, 0.3) is 0 Å². The first-order chi connectivity index (χ1) is 34.1. The van der Waals surface area contributed by atoms with E-state index in [1.807, 2.05) is 13.2 Å². The van der Waals surface area contributed by atoms with E-state index in [-0.39, 0.29) is 48.1 Å². The Labute approximate surface area is 413 Å². The number of benzene rings is 1. The lowest BCUT2D eigenvalue weighted by molar-refractivity contribution is -0.143. The number of aryl methyl sites for hydroxylation is 1. The Bertz CT molecular complexity index is 2270. The van der Waals surface area contributed by atoms with Gasteiger partial charge in [0.15, 0.2) is 0 Å². The smallest absolute Gasteiger partial charge is 0.343 e. The molecule has 4 aliphatic heterocycles. The summed E-state index contributed by atoms with van der Waals surface area (Å²) >= 11 is 0. The van der Waals surface area contributed by atoms with Crippen LogP contribution in [0.1, 0.15) is 143 Å². The number of piperazine rings is 1. The number of anilines is 3. The number of nitrogens with one attached hydrogen (secondary N) is 3. The van der Waals surface area contributed by atoms with Crippen LogP contribution < -0.4 is 16.0 Å². The number of hydrogen-bond donors (Lipinski definition) is 3. The van der Waals surface area contributed by atoms with E-state index in [0.717, 1.165) is 147 Å². The van der Waals surface area contributed by atoms with Crippen molar-refractivity contribution in [2.45, 2.75) is 134 Å². The van der Waals surface area contributed by atoms with E-state index >= 15 is 0 Å². The Kier molecular flexibility index (Phi) is 16.4. The summed E-state index contributed by atoms with van der Waals surface area (Å²) in [5, 5.41) is 13.4. The molecule has 2 saturated carbocycles. The number of imide groups is 1. The molecule has 9 rings (SSSR count). The van der Waals surface area contributed by atoms with Gasteiger partial charge in [-0.1, -0.05) is 24.3 Å². The number of likely N-dealkylation sites (tertiary alicyclic amines) is 2. The highest BCUT2D eigenvalue weighted by atomic mass is 16.5. The van der Waals surface area contributed by atoms with Gasteiger partial charge in [-0.25, -0.2) is 9.78 Å². The normalized spacial score (nSPS) is 25.6. The van der Waals surface area contributed by atoms with Crippen LogP contribution in [0.5, 0.6) is 0 Å². The Balaban J connectivity index is 0.632. The van der Waals surface area contributed by atoms with Gasteiger partial charge in [-0.2, -0.15) is 10.1 Å². The van der Waals surface area contributed by atoms with Gasteiger partial charge in [0, 0.05) is 89.1 Å². The highest BCUT2D eigenvalue weighted by molar-refractivity contribution is 6.01. The molecular weight excluding hydrogens is 887 g/mol. The molecule has 0 bridgehead atoms. The number of piperidine rings is 3. The molecule has 3 N–H and O–H groups in total. The van der Waals surface area contributed by atoms with Gasteiger partial charge in [0.05, 0.1) is 24.4 Å². The van der Waals surface area contributed by atoms with Crippen molar-refractivity contribution in [3.8, 4) is 0 Å². The molecule has 2 aromatic heterocycles. The second-order valence-corrected chi connectivity index (χ2v) is 21.0. The fourth-order valence-electron chi connectivity index (χ4n) is 12.3. The monoisotopic (exact) mass is 962 g/mol. The zero-order chi connectivity index (χ0) is 48.6. The number of carbonyl (C=O) groups is 5. The summed E-state index contributed by atoms with van der Waals surface area (Å²) in [6.45, 7) is 10.4. The molecule has 3 aromatic rings. The molecule has 1 aromatic carbocycles. The first kappa shape index (κ1) is 49.6. The minimum Gasteiger partial charge on any atom is -0.462 e. The lowest BCUT2D eigenvalue weighted by atomic mass is 9.80. The number of aromatic nitrogens is 4. The van der Waals surface area contributed by atoms with Crippen LogP contribution in [0.3, 0.4) is 0 Å². The van der Waals surface area contributed by atoms with E-state index in [1.165, 1.54) is 24.6 Å². The average Bonchev–Trinajstić information content (AvgIpc) is 3.80. The van der Waals surface area contributed by atoms with Gasteiger partial charge in [0.2, 0.25) is 29.6 Å². The second-order valence-electron chi connectivity index (χ2n) is 21.0. The topological polar surface area (TPSA) is 187 Å². The number of esters is 1. The van der Waals surface area contributed by atoms with Gasteiger partial charge >= 0.3 is 5.97 Å². The number of rotatable bonds is 15. The maximum absolute atomic E-state index is 13.8. The molecule has 1 unspecified atom stereocenters. The third kappa shape index (κ3) is 12.4. The van der Waals surface area contributed by atoms with Gasteiger partial charge in [0.1, 0.15) is 11.4 Å². The Morgan fingerprint density at radius 1 is 0.757 bits per heavy atom. The Morgan fingerprint density at radius 3 is 2.04 bits per heavy atom. The van der Waals surface area contributed by atoms with E-state index in [0.29, 0.717) is 54.0 Å². The third-order valence-corrected chi connectivity index (χ3v) is 16.5. The van der Waals surface area contributed by atoms with Crippen LogP contribution in [0.2, 0.25) is 0 Å². The number of amides is 4. The highest BCUT2D eigenvalue weighted by Gasteiger charge is 2.37. The minimum absolute atomic E-state index is 0.0217. The second kappa shape index (κ2) is 23.2. The van der Waals surface area contributed by atoms with Gasteiger partial charge in [-0.05, 0) is 146 Å². The van der Waals surface area contributed by atoms with Crippen LogP contribution >= 0.6 is 0 Å². The van der Waals surface area contributed by atoms with Crippen molar-refractivity contribution < 1.29 is 28.7 Å². The predicted molar refractivity (Wildman–Crippen MR) is 266 cm³/mol. The molecule has 1 atom stereocenters. The van der Waals surface area contributed by atoms with Gasteiger partial charge in [-0.3, -0.25) is 34.1 Å². The van der Waals surface area contributed by atoms with E-state index in [1.54, 1.807) is 17.8 Å². The first-order valence-electron chi connectivity index (χ1n) is 26.6. The molecule has 70 heavy (non-hydrogen) atoms.